The molecule has 2 aromatic rings. The van der Waals surface area contributed by atoms with Crippen molar-refractivity contribution in [2.45, 2.75) is 26.8 Å². The molecule has 0 aliphatic carbocycles. The molecular weight excluding hydrogens is 358 g/mol. The van der Waals surface area contributed by atoms with Crippen molar-refractivity contribution in [2.75, 3.05) is 50.8 Å². The van der Waals surface area contributed by atoms with Crippen molar-refractivity contribution in [2.24, 2.45) is 0 Å². The fourth-order valence-electron chi connectivity index (χ4n) is 3.37. The summed E-state index contributed by atoms with van der Waals surface area (Å²) in [4.78, 5) is 16.5. The first-order chi connectivity index (χ1) is 13.7. The Hall–Kier alpha value is -2.61. The third-order valence-corrected chi connectivity index (χ3v) is 4.76. The van der Waals surface area contributed by atoms with Gasteiger partial charge in [-0.1, -0.05) is 17.3 Å². The van der Waals surface area contributed by atoms with Gasteiger partial charge in [-0.25, -0.2) is 4.79 Å². The number of carbonyl (C=O) groups excluding carboxylic acids is 1. The second-order valence-electron chi connectivity index (χ2n) is 6.67. The van der Waals surface area contributed by atoms with Gasteiger partial charge in [0.2, 0.25) is 0 Å². The Morgan fingerprint density at radius 3 is 2.61 bits per heavy atom. The Kier molecular flexibility index (Phi) is 7.25. The summed E-state index contributed by atoms with van der Waals surface area (Å²) in [6, 6.07) is 8.25. The van der Waals surface area contributed by atoms with Crippen molar-refractivity contribution < 1.29 is 14.3 Å². The number of nitrogens with zero attached hydrogens (tertiary/aromatic N) is 5. The summed E-state index contributed by atoms with van der Waals surface area (Å²) in [6.45, 7) is 10.6. The van der Waals surface area contributed by atoms with Crippen LogP contribution in [0.4, 0.5) is 5.69 Å². The van der Waals surface area contributed by atoms with Crippen LogP contribution in [0.25, 0.3) is 0 Å². The molecule has 1 aromatic heterocycles. The summed E-state index contributed by atoms with van der Waals surface area (Å²) < 4.78 is 12.4. The maximum atomic E-state index is 11.6. The molecule has 1 fully saturated rings. The lowest BCUT2D eigenvalue weighted by atomic mass is 10.2. The molecule has 28 heavy (non-hydrogen) atoms. The number of rotatable bonds is 9. The number of benzene rings is 1. The number of carbonyl (C=O) groups is 1. The number of piperazine rings is 1. The highest BCUT2D eigenvalue weighted by molar-refractivity contribution is 5.86. The molecule has 0 unspecified atom stereocenters. The van der Waals surface area contributed by atoms with Gasteiger partial charge in [-0.15, -0.1) is 5.10 Å². The molecule has 0 saturated carbocycles. The number of aromatic nitrogens is 3. The van der Waals surface area contributed by atoms with Gasteiger partial charge in [0.05, 0.1) is 25.1 Å². The van der Waals surface area contributed by atoms with Gasteiger partial charge >= 0.3 is 5.97 Å². The minimum atomic E-state index is -0.419. The largest absolute Gasteiger partial charge is 0.492 e. The van der Waals surface area contributed by atoms with Gasteiger partial charge < -0.3 is 14.4 Å². The molecule has 1 aliphatic rings. The monoisotopic (exact) mass is 387 g/mol. The topological polar surface area (TPSA) is 72.7 Å². The lowest BCUT2D eigenvalue weighted by molar-refractivity contribution is 0.0519. The summed E-state index contributed by atoms with van der Waals surface area (Å²) in [5.74, 6) is 0.541. The lowest BCUT2D eigenvalue weighted by Gasteiger charge is -2.36. The van der Waals surface area contributed by atoms with E-state index in [2.05, 4.69) is 32.2 Å². The van der Waals surface area contributed by atoms with E-state index in [0.29, 0.717) is 13.2 Å². The van der Waals surface area contributed by atoms with Crippen LogP contribution in [-0.4, -0.2) is 71.8 Å². The number of aryl methyl sites for hydroxylation is 1. The average Bonchev–Trinajstić information content (AvgIpc) is 3.19. The van der Waals surface area contributed by atoms with E-state index in [9.17, 15) is 4.79 Å². The predicted molar refractivity (Wildman–Crippen MR) is 107 cm³/mol. The molecule has 1 aromatic carbocycles. The van der Waals surface area contributed by atoms with E-state index in [1.807, 2.05) is 19.1 Å². The van der Waals surface area contributed by atoms with Gasteiger partial charge in [0, 0.05) is 39.3 Å². The van der Waals surface area contributed by atoms with Crippen molar-refractivity contribution in [1.29, 1.82) is 0 Å². The molecule has 0 radical (unpaired) electrons. The maximum Gasteiger partial charge on any atom is 0.360 e. The highest BCUT2D eigenvalue weighted by Gasteiger charge is 2.19. The fourth-order valence-corrected chi connectivity index (χ4v) is 3.37. The van der Waals surface area contributed by atoms with Crippen LogP contribution in [0.2, 0.25) is 0 Å². The molecule has 0 spiro atoms. The minimum absolute atomic E-state index is 0.267. The maximum absolute atomic E-state index is 11.6. The summed E-state index contributed by atoms with van der Waals surface area (Å²) in [7, 11) is 0. The summed E-state index contributed by atoms with van der Waals surface area (Å²) in [5, 5.41) is 7.88. The van der Waals surface area contributed by atoms with E-state index in [0.717, 1.165) is 51.4 Å². The Bertz CT molecular complexity index is 756. The summed E-state index contributed by atoms with van der Waals surface area (Å²) in [5.41, 5.74) is 1.45. The van der Waals surface area contributed by atoms with E-state index >= 15 is 0 Å². The summed E-state index contributed by atoms with van der Waals surface area (Å²) >= 11 is 0. The van der Waals surface area contributed by atoms with E-state index in [-0.39, 0.29) is 5.69 Å². The van der Waals surface area contributed by atoms with Crippen LogP contribution >= 0.6 is 0 Å². The van der Waals surface area contributed by atoms with Crippen molar-refractivity contribution in [1.82, 2.24) is 19.9 Å². The van der Waals surface area contributed by atoms with Gasteiger partial charge in [-0.05, 0) is 32.4 Å². The number of hydrogen-bond donors (Lipinski definition) is 0. The molecule has 0 N–H and O–H groups in total. The first-order valence-electron chi connectivity index (χ1n) is 9.97. The zero-order valence-electron chi connectivity index (χ0n) is 16.7. The Morgan fingerprint density at radius 2 is 1.86 bits per heavy atom. The fraction of sp³-hybridized carbons (Fsp3) is 0.550. The Labute approximate surface area is 166 Å². The first kappa shape index (κ1) is 20.1. The predicted octanol–water partition coefficient (Wildman–Crippen LogP) is 2.07. The number of hydrogen-bond acceptors (Lipinski definition) is 7. The van der Waals surface area contributed by atoms with Crippen molar-refractivity contribution in [3.8, 4) is 5.75 Å². The smallest absolute Gasteiger partial charge is 0.360 e. The molecular formula is C20H29N5O3. The molecule has 152 valence electrons. The average molecular weight is 387 g/mol. The highest BCUT2D eigenvalue weighted by atomic mass is 16.5. The van der Waals surface area contributed by atoms with Gasteiger partial charge in [0.1, 0.15) is 5.75 Å². The van der Waals surface area contributed by atoms with Crippen LogP contribution in [0.5, 0.6) is 5.75 Å². The standard InChI is InChI=1S/C20H29N5O3/c1-3-27-19-9-6-5-8-18(19)24-14-12-23(13-15-24)10-7-11-25-16-17(21-22-25)20(26)28-4-2/h5-6,8-9,16H,3-4,7,10-15H2,1-2H3. The number of para-hydroxylation sites is 2. The van der Waals surface area contributed by atoms with Crippen LogP contribution in [0.3, 0.4) is 0 Å². The van der Waals surface area contributed by atoms with Gasteiger partial charge in [-0.2, -0.15) is 0 Å². The van der Waals surface area contributed by atoms with E-state index < -0.39 is 5.97 Å². The number of anilines is 1. The van der Waals surface area contributed by atoms with E-state index in [4.69, 9.17) is 9.47 Å². The molecule has 3 rings (SSSR count). The molecule has 8 heteroatoms. The minimum Gasteiger partial charge on any atom is -0.492 e. The van der Waals surface area contributed by atoms with E-state index in [1.54, 1.807) is 17.8 Å². The molecule has 0 amide bonds. The van der Waals surface area contributed by atoms with Gasteiger partial charge in [-0.3, -0.25) is 9.58 Å². The molecule has 8 nitrogen and oxygen atoms in total. The van der Waals surface area contributed by atoms with Crippen LogP contribution in [0, 0.1) is 0 Å². The highest BCUT2D eigenvalue weighted by Crippen LogP contribution is 2.28. The van der Waals surface area contributed by atoms with Gasteiger partial charge in [0.25, 0.3) is 0 Å². The normalized spacial score (nSPS) is 14.9. The summed E-state index contributed by atoms with van der Waals surface area (Å²) in [6.07, 6.45) is 2.61. The van der Waals surface area contributed by atoms with Crippen molar-refractivity contribution in [3.63, 3.8) is 0 Å². The molecule has 1 aliphatic heterocycles. The zero-order chi connectivity index (χ0) is 19.8. The molecule has 0 atom stereocenters. The van der Waals surface area contributed by atoms with Crippen LogP contribution in [-0.2, 0) is 11.3 Å². The molecule has 2 heterocycles. The SMILES string of the molecule is CCOC(=O)c1cn(CCCN2CCN(c3ccccc3OCC)CC2)nn1. The third kappa shape index (κ3) is 5.22. The first-order valence-corrected chi connectivity index (χ1v) is 9.97. The zero-order valence-corrected chi connectivity index (χ0v) is 16.7. The second kappa shape index (κ2) is 10.1. The third-order valence-electron chi connectivity index (χ3n) is 4.76. The second-order valence-corrected chi connectivity index (χ2v) is 6.67. The molecule has 1 saturated heterocycles. The lowest BCUT2D eigenvalue weighted by Crippen LogP contribution is -2.46. The Balaban J connectivity index is 1.42. The van der Waals surface area contributed by atoms with Crippen LogP contribution in [0.1, 0.15) is 30.8 Å². The van der Waals surface area contributed by atoms with Crippen molar-refractivity contribution in [3.05, 3.63) is 36.2 Å². The van der Waals surface area contributed by atoms with Crippen LogP contribution < -0.4 is 9.64 Å². The van der Waals surface area contributed by atoms with Crippen LogP contribution in [0.15, 0.2) is 30.5 Å². The number of esters is 1. The molecule has 0 bridgehead atoms. The van der Waals surface area contributed by atoms with Gasteiger partial charge in [0.15, 0.2) is 5.69 Å². The van der Waals surface area contributed by atoms with Crippen molar-refractivity contribution >= 4 is 11.7 Å². The quantitative estimate of drug-likeness (QED) is 0.610. The number of ether oxygens (including phenoxy) is 2. The van der Waals surface area contributed by atoms with E-state index in [1.165, 1.54) is 5.69 Å². The Morgan fingerprint density at radius 1 is 1.07 bits per heavy atom.